The van der Waals surface area contributed by atoms with Crippen LogP contribution in [0.4, 0.5) is 0 Å². The molecular weight excluding hydrogens is 420 g/mol. The Morgan fingerprint density at radius 1 is 0.812 bits per heavy atom. The Bertz CT molecular complexity index is 1310. The largest absolute Gasteiger partial charge is 0.508 e. The van der Waals surface area contributed by atoms with Crippen molar-refractivity contribution in [3.63, 3.8) is 0 Å². The van der Waals surface area contributed by atoms with Gasteiger partial charge < -0.3 is 9.84 Å². The standard InChI is InChI=1S/C27H24O4S/c1-19(2)21-4-3-5-22(18-21)20-6-10-24(11-7-20)31-25-12-16-27(17-13-25)32(29,30)26-14-8-23(28)9-15-26/h3-17,28H,18H2,1-2H3. The van der Waals surface area contributed by atoms with Gasteiger partial charge in [0.25, 0.3) is 0 Å². The van der Waals surface area contributed by atoms with Gasteiger partial charge in [0.05, 0.1) is 9.79 Å². The third-order valence-corrected chi connectivity index (χ3v) is 7.15. The maximum atomic E-state index is 12.7. The summed E-state index contributed by atoms with van der Waals surface area (Å²) in [6, 6.07) is 19.7. The molecule has 0 fully saturated rings. The van der Waals surface area contributed by atoms with E-state index in [1.54, 1.807) is 12.1 Å². The van der Waals surface area contributed by atoms with Crippen LogP contribution >= 0.6 is 0 Å². The van der Waals surface area contributed by atoms with E-state index in [-0.39, 0.29) is 15.5 Å². The highest BCUT2D eigenvalue weighted by Crippen LogP contribution is 2.31. The summed E-state index contributed by atoms with van der Waals surface area (Å²) in [5, 5.41) is 9.37. The lowest BCUT2D eigenvalue weighted by atomic mass is 9.92. The average Bonchev–Trinajstić information content (AvgIpc) is 2.80. The number of hydrogen-bond acceptors (Lipinski definition) is 4. The molecule has 32 heavy (non-hydrogen) atoms. The lowest BCUT2D eigenvalue weighted by molar-refractivity contribution is 0.475. The van der Waals surface area contributed by atoms with Crippen molar-refractivity contribution in [1.29, 1.82) is 0 Å². The van der Waals surface area contributed by atoms with Gasteiger partial charge in [0.15, 0.2) is 0 Å². The third kappa shape index (κ3) is 4.68. The monoisotopic (exact) mass is 444 g/mol. The fraction of sp³-hybridized carbons (Fsp3) is 0.111. The first-order valence-corrected chi connectivity index (χ1v) is 11.8. The van der Waals surface area contributed by atoms with Gasteiger partial charge in [-0.25, -0.2) is 8.42 Å². The van der Waals surface area contributed by atoms with Crippen LogP contribution in [0, 0.1) is 0 Å². The number of benzene rings is 3. The molecule has 0 saturated carbocycles. The lowest BCUT2D eigenvalue weighted by Gasteiger charge is -2.14. The van der Waals surface area contributed by atoms with Crippen LogP contribution in [0.1, 0.15) is 25.8 Å². The van der Waals surface area contributed by atoms with E-state index in [4.69, 9.17) is 4.74 Å². The first-order chi connectivity index (χ1) is 15.3. The molecule has 4 nitrogen and oxygen atoms in total. The van der Waals surface area contributed by atoms with Gasteiger partial charge in [-0.15, -0.1) is 0 Å². The second-order valence-corrected chi connectivity index (χ2v) is 9.80. The Kier molecular flexibility index (Phi) is 6.01. The predicted molar refractivity (Wildman–Crippen MR) is 127 cm³/mol. The van der Waals surface area contributed by atoms with E-state index < -0.39 is 9.84 Å². The normalized spacial score (nSPS) is 13.6. The first-order valence-electron chi connectivity index (χ1n) is 10.3. The quantitative estimate of drug-likeness (QED) is 0.476. The van der Waals surface area contributed by atoms with Crippen molar-refractivity contribution in [1.82, 2.24) is 0 Å². The topological polar surface area (TPSA) is 63.6 Å². The minimum absolute atomic E-state index is 0.0207. The van der Waals surface area contributed by atoms with Gasteiger partial charge >= 0.3 is 0 Å². The molecule has 4 rings (SSSR count). The molecule has 0 bridgehead atoms. The number of phenols is 1. The van der Waals surface area contributed by atoms with E-state index in [0.29, 0.717) is 11.5 Å². The summed E-state index contributed by atoms with van der Waals surface area (Å²) < 4.78 is 31.4. The van der Waals surface area contributed by atoms with Crippen molar-refractivity contribution in [3.05, 3.63) is 108 Å². The molecule has 3 aromatic rings. The Hall–Kier alpha value is -3.57. The van der Waals surface area contributed by atoms with Crippen LogP contribution in [0.25, 0.3) is 5.57 Å². The van der Waals surface area contributed by atoms with Crippen molar-refractivity contribution in [2.24, 2.45) is 0 Å². The van der Waals surface area contributed by atoms with E-state index in [9.17, 15) is 13.5 Å². The second kappa shape index (κ2) is 8.89. The maximum absolute atomic E-state index is 12.7. The molecule has 1 N–H and O–H groups in total. The number of aromatic hydroxyl groups is 1. The molecule has 0 amide bonds. The van der Waals surface area contributed by atoms with Gasteiger partial charge in [-0.1, -0.05) is 35.9 Å². The summed E-state index contributed by atoms with van der Waals surface area (Å²) >= 11 is 0. The minimum Gasteiger partial charge on any atom is -0.508 e. The van der Waals surface area contributed by atoms with Crippen LogP contribution < -0.4 is 4.74 Å². The smallest absolute Gasteiger partial charge is 0.206 e. The number of rotatable bonds is 5. The molecule has 0 unspecified atom stereocenters. The molecule has 0 saturated heterocycles. The van der Waals surface area contributed by atoms with E-state index in [0.717, 1.165) is 12.0 Å². The van der Waals surface area contributed by atoms with Gasteiger partial charge in [0, 0.05) is 0 Å². The summed E-state index contributed by atoms with van der Waals surface area (Å²) in [6.45, 7) is 4.25. The van der Waals surface area contributed by atoms with Gasteiger partial charge in [0.2, 0.25) is 9.84 Å². The molecule has 0 spiro atoms. The van der Waals surface area contributed by atoms with Crippen LogP contribution in [0.5, 0.6) is 17.2 Å². The predicted octanol–water partition coefficient (Wildman–Crippen LogP) is 6.70. The van der Waals surface area contributed by atoms with Gasteiger partial charge in [-0.05, 0) is 97.6 Å². The van der Waals surface area contributed by atoms with Crippen LogP contribution in [0.2, 0.25) is 0 Å². The van der Waals surface area contributed by atoms with E-state index in [1.165, 1.54) is 53.1 Å². The van der Waals surface area contributed by atoms with Crippen molar-refractivity contribution in [3.8, 4) is 17.2 Å². The molecule has 1 aliphatic carbocycles. The first kappa shape index (κ1) is 21.7. The molecule has 0 aliphatic heterocycles. The highest BCUT2D eigenvalue weighted by atomic mass is 32.2. The molecule has 162 valence electrons. The molecule has 0 radical (unpaired) electrons. The summed E-state index contributed by atoms with van der Waals surface area (Å²) in [6.07, 6.45) is 7.28. The Balaban J connectivity index is 1.47. The molecule has 1 aliphatic rings. The Labute approximate surface area is 188 Å². The highest BCUT2D eigenvalue weighted by Gasteiger charge is 2.17. The minimum atomic E-state index is -3.66. The molecular formula is C27H24O4S. The van der Waals surface area contributed by atoms with E-state index in [2.05, 4.69) is 32.1 Å². The summed E-state index contributed by atoms with van der Waals surface area (Å²) in [7, 11) is -3.66. The molecule has 0 aromatic heterocycles. The molecule has 3 aromatic carbocycles. The van der Waals surface area contributed by atoms with Crippen LogP contribution in [0.15, 0.2) is 112 Å². The van der Waals surface area contributed by atoms with Crippen molar-refractivity contribution in [2.75, 3.05) is 0 Å². The zero-order chi connectivity index (χ0) is 22.7. The van der Waals surface area contributed by atoms with Crippen molar-refractivity contribution in [2.45, 2.75) is 30.1 Å². The summed E-state index contributed by atoms with van der Waals surface area (Å²) in [5.41, 5.74) is 5.07. The number of hydrogen-bond donors (Lipinski definition) is 1. The van der Waals surface area contributed by atoms with Crippen LogP contribution in [-0.4, -0.2) is 13.5 Å². The zero-order valence-corrected chi connectivity index (χ0v) is 18.8. The zero-order valence-electron chi connectivity index (χ0n) is 17.9. The third-order valence-electron chi connectivity index (χ3n) is 5.36. The van der Waals surface area contributed by atoms with Gasteiger partial charge in [-0.2, -0.15) is 0 Å². The molecule has 0 atom stereocenters. The second-order valence-electron chi connectivity index (χ2n) is 7.85. The Morgan fingerprint density at radius 3 is 1.91 bits per heavy atom. The average molecular weight is 445 g/mol. The fourth-order valence-electron chi connectivity index (χ4n) is 3.47. The molecule has 0 heterocycles. The Morgan fingerprint density at radius 2 is 1.34 bits per heavy atom. The number of phenolic OH excluding ortho intramolecular Hbond substituents is 1. The number of allylic oxidation sites excluding steroid dienone is 6. The fourth-order valence-corrected chi connectivity index (χ4v) is 4.73. The van der Waals surface area contributed by atoms with Gasteiger partial charge in [-0.3, -0.25) is 0 Å². The lowest BCUT2D eigenvalue weighted by Crippen LogP contribution is -2.01. The number of ether oxygens (including phenoxy) is 1. The van der Waals surface area contributed by atoms with Crippen LogP contribution in [0.3, 0.4) is 0 Å². The van der Waals surface area contributed by atoms with Crippen molar-refractivity contribution < 1.29 is 18.3 Å². The highest BCUT2D eigenvalue weighted by molar-refractivity contribution is 7.91. The van der Waals surface area contributed by atoms with E-state index in [1.807, 2.05) is 24.3 Å². The van der Waals surface area contributed by atoms with Crippen LogP contribution in [-0.2, 0) is 9.84 Å². The van der Waals surface area contributed by atoms with Crippen molar-refractivity contribution >= 4 is 15.4 Å². The number of sulfone groups is 1. The SMILES string of the molecule is CC(C)=C1C=CC=C(c2ccc(Oc3ccc(S(=O)(=O)c4ccc(O)cc4)cc3)cc2)C1. The van der Waals surface area contributed by atoms with E-state index >= 15 is 0 Å². The molecule has 5 heteroatoms. The summed E-state index contributed by atoms with van der Waals surface area (Å²) in [5.74, 6) is 1.25. The summed E-state index contributed by atoms with van der Waals surface area (Å²) in [4.78, 5) is 0.293. The maximum Gasteiger partial charge on any atom is 0.206 e. The van der Waals surface area contributed by atoms with Gasteiger partial charge in [0.1, 0.15) is 17.2 Å².